The standard InChI is InChI=1S/C20H32N4O4S/c1-21-29(26,27)16-19-4-2-3-18(13-19)14-22-20(25)24-7-5-17(6-8-24)15-23-9-11-28-12-10-23/h2-4,13,17,21H,5-12,14-16H2,1H3,(H,22,25). The molecule has 2 fully saturated rings. The molecule has 2 aliphatic rings. The molecule has 2 N–H and O–H groups in total. The minimum Gasteiger partial charge on any atom is -0.379 e. The normalized spacial score (nSPS) is 19.3. The summed E-state index contributed by atoms with van der Waals surface area (Å²) in [5, 5.41) is 2.96. The second-order valence-electron chi connectivity index (χ2n) is 7.79. The van der Waals surface area contributed by atoms with Crippen LogP contribution < -0.4 is 10.0 Å². The van der Waals surface area contributed by atoms with Crippen LogP contribution in [0.4, 0.5) is 4.79 Å². The maximum atomic E-state index is 12.5. The zero-order chi connectivity index (χ0) is 20.7. The minimum atomic E-state index is -3.31. The molecule has 3 rings (SSSR count). The predicted molar refractivity (Wildman–Crippen MR) is 112 cm³/mol. The van der Waals surface area contributed by atoms with E-state index in [9.17, 15) is 13.2 Å². The number of hydrogen-bond acceptors (Lipinski definition) is 5. The third-order valence-corrected chi connectivity index (χ3v) is 6.96. The Balaban J connectivity index is 1.42. The fourth-order valence-corrected chi connectivity index (χ4v) is 4.64. The second kappa shape index (κ2) is 10.4. The van der Waals surface area contributed by atoms with Gasteiger partial charge >= 0.3 is 6.03 Å². The largest absolute Gasteiger partial charge is 0.379 e. The number of amides is 2. The smallest absolute Gasteiger partial charge is 0.317 e. The fourth-order valence-electron chi connectivity index (χ4n) is 3.88. The molecule has 0 spiro atoms. The molecule has 0 radical (unpaired) electrons. The van der Waals surface area contributed by atoms with Crippen molar-refractivity contribution in [3.8, 4) is 0 Å². The number of sulfonamides is 1. The minimum absolute atomic E-state index is 0.0527. The Morgan fingerprint density at radius 2 is 1.83 bits per heavy atom. The Morgan fingerprint density at radius 1 is 1.14 bits per heavy atom. The van der Waals surface area contributed by atoms with Crippen molar-refractivity contribution in [1.29, 1.82) is 0 Å². The van der Waals surface area contributed by atoms with Crippen LogP contribution in [0.5, 0.6) is 0 Å². The van der Waals surface area contributed by atoms with Gasteiger partial charge in [0.15, 0.2) is 0 Å². The Morgan fingerprint density at radius 3 is 2.52 bits per heavy atom. The quantitative estimate of drug-likeness (QED) is 0.681. The van der Waals surface area contributed by atoms with E-state index in [4.69, 9.17) is 4.74 Å². The van der Waals surface area contributed by atoms with Gasteiger partial charge in [0.05, 0.1) is 19.0 Å². The van der Waals surface area contributed by atoms with Crippen molar-refractivity contribution in [2.24, 2.45) is 5.92 Å². The van der Waals surface area contributed by atoms with Gasteiger partial charge in [0.1, 0.15) is 0 Å². The third-order valence-electron chi connectivity index (χ3n) is 5.62. The lowest BCUT2D eigenvalue weighted by molar-refractivity contribution is 0.0258. The van der Waals surface area contributed by atoms with Gasteiger partial charge < -0.3 is 15.0 Å². The molecule has 8 nitrogen and oxygen atoms in total. The van der Waals surface area contributed by atoms with Crippen molar-refractivity contribution < 1.29 is 17.9 Å². The molecule has 2 saturated heterocycles. The first-order valence-electron chi connectivity index (χ1n) is 10.3. The van der Waals surface area contributed by atoms with E-state index >= 15 is 0 Å². The van der Waals surface area contributed by atoms with Crippen LogP contribution in [0.1, 0.15) is 24.0 Å². The van der Waals surface area contributed by atoms with Gasteiger partial charge in [-0.05, 0) is 36.9 Å². The lowest BCUT2D eigenvalue weighted by Gasteiger charge is -2.36. The molecule has 29 heavy (non-hydrogen) atoms. The van der Waals surface area contributed by atoms with Crippen LogP contribution in [0, 0.1) is 5.92 Å². The molecule has 0 saturated carbocycles. The highest BCUT2D eigenvalue weighted by Gasteiger charge is 2.24. The number of likely N-dealkylation sites (tertiary alicyclic amines) is 1. The average molecular weight is 425 g/mol. The van der Waals surface area contributed by atoms with Crippen molar-refractivity contribution in [1.82, 2.24) is 19.8 Å². The van der Waals surface area contributed by atoms with Crippen LogP contribution in [-0.2, 0) is 27.1 Å². The van der Waals surface area contributed by atoms with Gasteiger partial charge in [-0.15, -0.1) is 0 Å². The molecule has 2 amide bonds. The molecule has 9 heteroatoms. The summed E-state index contributed by atoms with van der Waals surface area (Å²) in [4.78, 5) is 16.9. The number of carbonyl (C=O) groups excluding carboxylic acids is 1. The maximum Gasteiger partial charge on any atom is 0.317 e. The van der Waals surface area contributed by atoms with Gasteiger partial charge in [-0.2, -0.15) is 0 Å². The zero-order valence-electron chi connectivity index (χ0n) is 17.1. The summed E-state index contributed by atoms with van der Waals surface area (Å²) in [6, 6.07) is 7.26. The molecule has 0 aliphatic carbocycles. The molecular formula is C20H32N4O4S. The number of morpholine rings is 1. The van der Waals surface area contributed by atoms with Crippen molar-refractivity contribution in [3.63, 3.8) is 0 Å². The molecule has 1 aromatic rings. The Bertz CT molecular complexity index is 772. The number of hydrogen-bond donors (Lipinski definition) is 2. The van der Waals surface area contributed by atoms with E-state index in [1.165, 1.54) is 7.05 Å². The monoisotopic (exact) mass is 424 g/mol. The summed E-state index contributed by atoms with van der Waals surface area (Å²) in [7, 11) is -1.90. The number of urea groups is 1. The molecule has 0 aromatic heterocycles. The van der Waals surface area contributed by atoms with Crippen molar-refractivity contribution in [2.45, 2.75) is 25.1 Å². The van der Waals surface area contributed by atoms with E-state index in [2.05, 4.69) is 14.9 Å². The maximum absolute atomic E-state index is 12.5. The second-order valence-corrected chi connectivity index (χ2v) is 9.71. The Hall–Kier alpha value is -1.68. The van der Waals surface area contributed by atoms with Crippen LogP contribution in [-0.4, -0.2) is 77.2 Å². The predicted octanol–water partition coefficient (Wildman–Crippen LogP) is 0.990. The number of benzene rings is 1. The SMILES string of the molecule is CNS(=O)(=O)Cc1cccc(CNC(=O)N2CCC(CN3CCOCC3)CC2)c1. The van der Waals surface area contributed by atoms with E-state index in [-0.39, 0.29) is 11.8 Å². The molecular weight excluding hydrogens is 392 g/mol. The van der Waals surface area contributed by atoms with E-state index < -0.39 is 10.0 Å². The first kappa shape index (κ1) is 22.0. The van der Waals surface area contributed by atoms with Gasteiger partial charge in [-0.25, -0.2) is 17.9 Å². The summed E-state index contributed by atoms with van der Waals surface area (Å²) in [6.45, 7) is 6.71. The summed E-state index contributed by atoms with van der Waals surface area (Å²) >= 11 is 0. The van der Waals surface area contributed by atoms with Gasteiger partial charge in [0.2, 0.25) is 10.0 Å². The summed E-state index contributed by atoms with van der Waals surface area (Å²) in [5.74, 6) is 0.574. The van der Waals surface area contributed by atoms with E-state index in [1.807, 2.05) is 23.1 Å². The van der Waals surface area contributed by atoms with Crippen LogP contribution in [0.3, 0.4) is 0 Å². The number of rotatable bonds is 7. The van der Waals surface area contributed by atoms with Crippen molar-refractivity contribution >= 4 is 16.1 Å². The first-order chi connectivity index (χ1) is 13.9. The number of nitrogens with zero attached hydrogens (tertiary/aromatic N) is 2. The topological polar surface area (TPSA) is 91.0 Å². The molecule has 162 valence electrons. The highest BCUT2D eigenvalue weighted by Crippen LogP contribution is 2.19. The number of piperidine rings is 1. The highest BCUT2D eigenvalue weighted by molar-refractivity contribution is 7.88. The van der Waals surface area contributed by atoms with Crippen LogP contribution in [0.25, 0.3) is 0 Å². The van der Waals surface area contributed by atoms with Gasteiger partial charge in [-0.1, -0.05) is 24.3 Å². The van der Waals surface area contributed by atoms with Gasteiger partial charge in [0, 0.05) is 39.3 Å². The molecule has 0 bridgehead atoms. The van der Waals surface area contributed by atoms with Crippen molar-refractivity contribution in [3.05, 3.63) is 35.4 Å². The third kappa shape index (κ3) is 6.95. The summed E-state index contributed by atoms with van der Waals surface area (Å²) in [5.41, 5.74) is 1.60. The molecule has 0 atom stereocenters. The van der Waals surface area contributed by atoms with Crippen LogP contribution in [0.15, 0.2) is 24.3 Å². The lowest BCUT2D eigenvalue weighted by atomic mass is 9.96. The molecule has 2 heterocycles. The summed E-state index contributed by atoms with van der Waals surface area (Å²) < 4.78 is 31.1. The molecule has 0 unspecified atom stereocenters. The number of carbonyl (C=O) groups is 1. The fraction of sp³-hybridized carbons (Fsp3) is 0.650. The lowest BCUT2D eigenvalue weighted by Crippen LogP contribution is -2.47. The first-order valence-corrected chi connectivity index (χ1v) is 11.9. The van der Waals surface area contributed by atoms with Crippen molar-refractivity contribution in [2.75, 3.05) is 53.0 Å². The average Bonchev–Trinajstić information content (AvgIpc) is 2.73. The number of ether oxygens (including phenoxy) is 1. The zero-order valence-corrected chi connectivity index (χ0v) is 17.9. The number of nitrogens with one attached hydrogen (secondary N) is 2. The van der Waals surface area contributed by atoms with E-state index in [0.29, 0.717) is 18.0 Å². The van der Waals surface area contributed by atoms with Crippen LogP contribution in [0.2, 0.25) is 0 Å². The highest BCUT2D eigenvalue weighted by atomic mass is 32.2. The summed E-state index contributed by atoms with van der Waals surface area (Å²) in [6.07, 6.45) is 2.06. The Kier molecular flexibility index (Phi) is 7.88. The van der Waals surface area contributed by atoms with Gasteiger partial charge in [0.25, 0.3) is 0 Å². The van der Waals surface area contributed by atoms with Crippen LogP contribution >= 0.6 is 0 Å². The van der Waals surface area contributed by atoms with Gasteiger partial charge in [-0.3, -0.25) is 4.90 Å². The van der Waals surface area contributed by atoms with E-state index in [0.717, 1.165) is 64.3 Å². The Labute approximate surface area is 173 Å². The van der Waals surface area contributed by atoms with E-state index in [1.54, 1.807) is 6.07 Å². The molecule has 1 aromatic carbocycles. The molecule has 2 aliphatic heterocycles.